The van der Waals surface area contributed by atoms with Crippen molar-refractivity contribution in [2.45, 2.75) is 0 Å². The Morgan fingerprint density at radius 3 is 2.46 bits per heavy atom. The minimum atomic E-state index is -0.484. The summed E-state index contributed by atoms with van der Waals surface area (Å²) < 4.78 is 5.18. The number of nitro groups is 1. The maximum atomic E-state index is 12.7. The number of nitrogens with zero attached hydrogens (tertiary/aromatic N) is 3. The molecule has 0 aliphatic carbocycles. The van der Waals surface area contributed by atoms with Gasteiger partial charge in [-0.05, 0) is 36.4 Å². The second kappa shape index (κ2) is 8.01. The maximum absolute atomic E-state index is 12.7. The molecule has 0 saturated carbocycles. The van der Waals surface area contributed by atoms with Crippen LogP contribution in [0.2, 0.25) is 0 Å². The van der Waals surface area contributed by atoms with Gasteiger partial charge in [0.2, 0.25) is 0 Å². The van der Waals surface area contributed by atoms with E-state index in [0.29, 0.717) is 5.56 Å². The third kappa shape index (κ3) is 4.02. The van der Waals surface area contributed by atoms with Gasteiger partial charge in [0.25, 0.3) is 5.69 Å². The lowest BCUT2D eigenvalue weighted by Crippen LogP contribution is -2.33. The Hall–Kier alpha value is -2.87. The maximum Gasteiger partial charge on any atom is 0.269 e. The molecule has 2 aromatic carbocycles. The van der Waals surface area contributed by atoms with Crippen molar-refractivity contribution in [3.05, 3.63) is 64.2 Å². The van der Waals surface area contributed by atoms with E-state index < -0.39 is 4.92 Å². The van der Waals surface area contributed by atoms with Gasteiger partial charge in [-0.3, -0.25) is 19.9 Å². The molecule has 0 N–H and O–H groups in total. The average Bonchev–Trinajstić information content (AvgIpc) is 3.20. The van der Waals surface area contributed by atoms with Gasteiger partial charge < -0.3 is 9.64 Å². The first-order valence-corrected chi connectivity index (χ1v) is 8.93. The standard InChI is InChI=1S/C18H17N3O4S/c1-25-16-8-6-14(7-9-16)20(18-19-10-11-26-18)12-17(22)13-2-4-15(5-3-13)21(23)24/h2-9H,10-12H2,1H3. The van der Waals surface area contributed by atoms with Gasteiger partial charge in [0, 0.05) is 29.1 Å². The number of aliphatic imine (C=N–C) groups is 1. The van der Waals surface area contributed by atoms with E-state index in [0.717, 1.165) is 28.9 Å². The Bertz CT molecular complexity index is 835. The molecule has 1 aliphatic rings. The van der Waals surface area contributed by atoms with Crippen LogP contribution in [0.5, 0.6) is 5.75 Å². The van der Waals surface area contributed by atoms with Gasteiger partial charge in [-0.1, -0.05) is 11.8 Å². The van der Waals surface area contributed by atoms with Gasteiger partial charge in [0.05, 0.1) is 25.1 Å². The van der Waals surface area contributed by atoms with Crippen LogP contribution in [0.1, 0.15) is 10.4 Å². The number of methoxy groups -OCH3 is 1. The monoisotopic (exact) mass is 371 g/mol. The third-order valence-corrected chi connectivity index (χ3v) is 4.88. The van der Waals surface area contributed by atoms with Gasteiger partial charge >= 0.3 is 0 Å². The van der Waals surface area contributed by atoms with Crippen LogP contribution in [0.25, 0.3) is 0 Å². The molecule has 0 bridgehead atoms. The van der Waals surface area contributed by atoms with Gasteiger partial charge in [-0.2, -0.15) is 0 Å². The minimum absolute atomic E-state index is 0.0377. The molecule has 7 nitrogen and oxygen atoms in total. The highest BCUT2D eigenvalue weighted by atomic mass is 32.2. The summed E-state index contributed by atoms with van der Waals surface area (Å²) in [5.41, 5.74) is 1.23. The number of rotatable bonds is 6. The molecule has 0 aromatic heterocycles. The highest BCUT2D eigenvalue weighted by molar-refractivity contribution is 8.14. The molecule has 1 heterocycles. The topological polar surface area (TPSA) is 85.0 Å². The highest BCUT2D eigenvalue weighted by Gasteiger charge is 2.21. The van der Waals surface area contributed by atoms with E-state index in [9.17, 15) is 14.9 Å². The summed E-state index contributed by atoms with van der Waals surface area (Å²) in [6, 6.07) is 13.1. The number of hydrogen-bond acceptors (Lipinski definition) is 7. The number of anilines is 1. The Kier molecular flexibility index (Phi) is 5.52. The first kappa shape index (κ1) is 17.9. The Labute approximate surface area is 154 Å². The fraction of sp³-hybridized carbons (Fsp3) is 0.222. The molecular weight excluding hydrogens is 354 g/mol. The van der Waals surface area contributed by atoms with E-state index in [1.54, 1.807) is 18.9 Å². The molecule has 2 aromatic rings. The number of amidine groups is 1. The molecule has 8 heteroatoms. The van der Waals surface area contributed by atoms with Gasteiger partial charge in [-0.15, -0.1) is 0 Å². The number of thioether (sulfide) groups is 1. The van der Waals surface area contributed by atoms with E-state index in [4.69, 9.17) is 4.74 Å². The van der Waals surface area contributed by atoms with Crippen LogP contribution < -0.4 is 9.64 Å². The molecule has 0 fully saturated rings. The van der Waals surface area contributed by atoms with Crippen molar-refractivity contribution >= 4 is 34.1 Å². The molecule has 0 amide bonds. The van der Waals surface area contributed by atoms with Crippen molar-refractivity contribution in [3.63, 3.8) is 0 Å². The molecular formula is C18H17N3O4S. The first-order chi connectivity index (χ1) is 12.6. The second-order valence-electron chi connectivity index (χ2n) is 5.52. The minimum Gasteiger partial charge on any atom is -0.497 e. The van der Waals surface area contributed by atoms with Crippen molar-refractivity contribution < 1.29 is 14.5 Å². The number of Topliss-reactive ketones (excluding diaryl/α,β-unsaturated/α-hetero) is 1. The molecule has 0 saturated heterocycles. The van der Waals surface area contributed by atoms with Crippen molar-refractivity contribution in [1.29, 1.82) is 0 Å². The van der Waals surface area contributed by atoms with Crippen LogP contribution in [0, 0.1) is 10.1 Å². The normalized spacial score (nSPS) is 13.2. The zero-order valence-electron chi connectivity index (χ0n) is 14.1. The van der Waals surface area contributed by atoms with Crippen LogP contribution in [-0.4, -0.2) is 41.8 Å². The number of ketones is 1. The zero-order chi connectivity index (χ0) is 18.5. The third-order valence-electron chi connectivity index (χ3n) is 3.89. The van der Waals surface area contributed by atoms with Crippen molar-refractivity contribution in [1.82, 2.24) is 0 Å². The second-order valence-corrected chi connectivity index (χ2v) is 6.59. The molecule has 134 valence electrons. The van der Waals surface area contributed by atoms with E-state index in [1.165, 1.54) is 24.3 Å². The summed E-state index contributed by atoms with van der Waals surface area (Å²) in [5, 5.41) is 11.6. The number of hydrogen-bond donors (Lipinski definition) is 0. The SMILES string of the molecule is COc1ccc(N(CC(=O)c2ccc([N+](=O)[O-])cc2)C2=NCCS2)cc1. The predicted molar refractivity (Wildman–Crippen MR) is 103 cm³/mol. The lowest BCUT2D eigenvalue weighted by molar-refractivity contribution is -0.384. The van der Waals surface area contributed by atoms with Gasteiger partial charge in [0.15, 0.2) is 11.0 Å². The smallest absolute Gasteiger partial charge is 0.269 e. The van der Waals surface area contributed by atoms with Gasteiger partial charge in [-0.25, -0.2) is 0 Å². The zero-order valence-corrected chi connectivity index (χ0v) is 14.9. The van der Waals surface area contributed by atoms with Crippen LogP contribution in [0.15, 0.2) is 53.5 Å². The highest BCUT2D eigenvalue weighted by Crippen LogP contribution is 2.25. The van der Waals surface area contributed by atoms with E-state index in [1.807, 2.05) is 29.2 Å². The first-order valence-electron chi connectivity index (χ1n) is 7.95. The van der Waals surface area contributed by atoms with Crippen molar-refractivity contribution in [3.8, 4) is 5.75 Å². The molecule has 1 aliphatic heterocycles. The summed E-state index contributed by atoms with van der Waals surface area (Å²) in [6.07, 6.45) is 0. The summed E-state index contributed by atoms with van der Waals surface area (Å²) in [4.78, 5) is 29.3. The van der Waals surface area contributed by atoms with E-state index in [-0.39, 0.29) is 18.0 Å². The summed E-state index contributed by atoms with van der Waals surface area (Å²) in [7, 11) is 1.60. The number of ether oxygens (including phenoxy) is 1. The Morgan fingerprint density at radius 2 is 1.92 bits per heavy atom. The molecule has 0 atom stereocenters. The van der Waals surface area contributed by atoms with Crippen LogP contribution in [-0.2, 0) is 0 Å². The summed E-state index contributed by atoms with van der Waals surface area (Å²) >= 11 is 1.60. The van der Waals surface area contributed by atoms with Crippen LogP contribution >= 0.6 is 11.8 Å². The van der Waals surface area contributed by atoms with Gasteiger partial charge in [0.1, 0.15) is 5.75 Å². The number of carbonyl (C=O) groups is 1. The van der Waals surface area contributed by atoms with E-state index >= 15 is 0 Å². The van der Waals surface area contributed by atoms with E-state index in [2.05, 4.69) is 4.99 Å². The number of benzene rings is 2. The number of carbonyl (C=O) groups excluding carboxylic acids is 1. The molecule has 3 rings (SSSR count). The van der Waals surface area contributed by atoms with Crippen LogP contribution in [0.4, 0.5) is 11.4 Å². The molecule has 0 spiro atoms. The number of non-ortho nitro benzene ring substituents is 1. The summed E-state index contributed by atoms with van der Waals surface area (Å²) in [5.74, 6) is 1.48. The lowest BCUT2D eigenvalue weighted by Gasteiger charge is -2.23. The van der Waals surface area contributed by atoms with Crippen LogP contribution in [0.3, 0.4) is 0 Å². The lowest BCUT2D eigenvalue weighted by atomic mass is 10.1. The fourth-order valence-electron chi connectivity index (χ4n) is 2.52. The summed E-state index contributed by atoms with van der Waals surface area (Å²) in [6.45, 7) is 0.828. The average molecular weight is 371 g/mol. The Balaban J connectivity index is 1.82. The quantitative estimate of drug-likeness (QED) is 0.440. The Morgan fingerprint density at radius 1 is 1.23 bits per heavy atom. The number of nitro benzene ring substituents is 1. The predicted octanol–water partition coefficient (Wildman–Crippen LogP) is 3.40. The largest absolute Gasteiger partial charge is 0.497 e. The molecule has 26 heavy (non-hydrogen) atoms. The van der Waals surface area contributed by atoms with Crippen molar-refractivity contribution in [2.75, 3.05) is 30.9 Å². The van der Waals surface area contributed by atoms with Crippen molar-refractivity contribution in [2.24, 2.45) is 4.99 Å². The molecule has 0 unspecified atom stereocenters. The molecule has 0 radical (unpaired) electrons. The fourth-order valence-corrected chi connectivity index (χ4v) is 3.40.